The van der Waals surface area contributed by atoms with Gasteiger partial charge >= 0.3 is 11.9 Å². The molecule has 0 spiro atoms. The van der Waals surface area contributed by atoms with Crippen molar-refractivity contribution in [1.82, 2.24) is 0 Å². The molecule has 0 aliphatic rings. The summed E-state index contributed by atoms with van der Waals surface area (Å²) in [5.74, 6) is -2.26. The van der Waals surface area contributed by atoms with Crippen molar-refractivity contribution >= 4 is 17.9 Å². The van der Waals surface area contributed by atoms with Crippen molar-refractivity contribution < 1.29 is 42.9 Å². The lowest BCUT2D eigenvalue weighted by molar-refractivity contribution is -0.870. The van der Waals surface area contributed by atoms with Crippen molar-refractivity contribution in [2.24, 2.45) is 0 Å². The maximum absolute atomic E-state index is 13.0. The number of hydrogen-bond donors (Lipinski definition) is 0. The molecule has 0 heterocycles. The molecular formula is C84H155NO8. The smallest absolute Gasteiger partial charge is 0.306 e. The van der Waals surface area contributed by atoms with E-state index in [2.05, 4.69) is 74.6 Å². The summed E-state index contributed by atoms with van der Waals surface area (Å²) >= 11 is 0. The first-order chi connectivity index (χ1) is 45.6. The Hall–Kier alpha value is -3.01. The molecule has 93 heavy (non-hydrogen) atoms. The largest absolute Gasteiger partial charge is 0.545 e. The number of likely N-dealkylation sites (N-methyl/N-ethyl adjacent to an activating group) is 1. The third-order valence-corrected chi connectivity index (χ3v) is 18.2. The molecule has 0 amide bonds. The van der Waals surface area contributed by atoms with Crippen LogP contribution in [0.25, 0.3) is 0 Å². The second-order valence-corrected chi connectivity index (χ2v) is 28.7. The summed E-state index contributed by atoms with van der Waals surface area (Å²) in [5, 5.41) is 11.9. The fourth-order valence-electron chi connectivity index (χ4n) is 12.1. The van der Waals surface area contributed by atoms with Gasteiger partial charge in [-0.2, -0.15) is 0 Å². The van der Waals surface area contributed by atoms with E-state index in [-0.39, 0.29) is 32.2 Å². The number of nitrogens with zero attached hydrogens (tertiary/aromatic N) is 1. The third kappa shape index (κ3) is 76.2. The molecule has 0 rings (SSSR count). The van der Waals surface area contributed by atoms with Crippen LogP contribution in [0.5, 0.6) is 0 Å². The van der Waals surface area contributed by atoms with Crippen LogP contribution in [0.2, 0.25) is 0 Å². The van der Waals surface area contributed by atoms with Gasteiger partial charge in [-0.15, -0.1) is 0 Å². The van der Waals surface area contributed by atoms with Crippen LogP contribution in [0, 0.1) is 0 Å². The van der Waals surface area contributed by atoms with Gasteiger partial charge in [-0.1, -0.05) is 364 Å². The van der Waals surface area contributed by atoms with E-state index in [4.69, 9.17) is 18.9 Å². The number of ether oxygens (including phenoxy) is 4. The molecule has 0 aliphatic heterocycles. The number of carboxylic acids is 1. The summed E-state index contributed by atoms with van der Waals surface area (Å²) in [6, 6.07) is 0. The van der Waals surface area contributed by atoms with Crippen molar-refractivity contribution in [3.8, 4) is 0 Å². The molecule has 2 unspecified atom stereocenters. The van der Waals surface area contributed by atoms with Crippen LogP contribution in [-0.2, 0) is 33.3 Å². The van der Waals surface area contributed by atoms with Crippen LogP contribution in [0.15, 0.2) is 60.8 Å². The Labute approximate surface area is 577 Å². The Balaban J connectivity index is 3.94. The summed E-state index contributed by atoms with van der Waals surface area (Å²) in [7, 11) is 5.95. The predicted octanol–water partition coefficient (Wildman–Crippen LogP) is 24.5. The Morgan fingerprint density at radius 2 is 0.581 bits per heavy atom. The molecule has 0 saturated heterocycles. The highest BCUT2D eigenvalue weighted by Gasteiger charge is 2.22. The Morgan fingerprint density at radius 3 is 0.860 bits per heavy atom. The molecule has 0 N–H and O–H groups in total. The molecule has 0 aromatic heterocycles. The lowest BCUT2D eigenvalue weighted by Gasteiger charge is -2.26. The Kier molecular flexibility index (Phi) is 72.4. The first-order valence-electron chi connectivity index (χ1n) is 40.4. The van der Waals surface area contributed by atoms with E-state index in [9.17, 15) is 19.5 Å². The first-order valence-corrected chi connectivity index (χ1v) is 40.4. The van der Waals surface area contributed by atoms with Gasteiger partial charge in [0.25, 0.3) is 0 Å². The molecule has 0 radical (unpaired) electrons. The highest BCUT2D eigenvalue weighted by molar-refractivity contribution is 5.70. The van der Waals surface area contributed by atoms with Crippen LogP contribution in [-0.4, -0.2) is 82.3 Å². The normalized spacial score (nSPS) is 12.9. The molecule has 0 saturated carbocycles. The summed E-state index contributed by atoms with van der Waals surface area (Å²) < 4.78 is 22.9. The Bertz CT molecular complexity index is 1710. The second-order valence-electron chi connectivity index (χ2n) is 28.7. The zero-order valence-electron chi connectivity index (χ0n) is 62.4. The van der Waals surface area contributed by atoms with Crippen LogP contribution in [0.1, 0.15) is 399 Å². The van der Waals surface area contributed by atoms with Gasteiger partial charge < -0.3 is 33.3 Å². The quantitative estimate of drug-likeness (QED) is 0.0195. The van der Waals surface area contributed by atoms with Gasteiger partial charge in [0.05, 0.1) is 40.3 Å². The summed E-state index contributed by atoms with van der Waals surface area (Å²) in [4.78, 5) is 37.6. The molecule has 9 nitrogen and oxygen atoms in total. The molecule has 0 aromatic carbocycles. The van der Waals surface area contributed by atoms with E-state index in [0.29, 0.717) is 23.9 Å². The zero-order valence-corrected chi connectivity index (χ0v) is 62.4. The van der Waals surface area contributed by atoms with Gasteiger partial charge in [0.15, 0.2) is 12.4 Å². The molecule has 544 valence electrons. The molecule has 0 aromatic rings. The summed E-state index contributed by atoms with van der Waals surface area (Å²) in [6.07, 6.45) is 96.4. The number of aliphatic carboxylic acids is 1. The standard InChI is InChI=1S/C84H155NO8/c1-6-8-10-12-14-16-18-20-22-24-26-28-30-32-34-35-36-37-38-39-40-41-42-43-44-45-46-47-49-50-52-54-56-58-60-62-64-66-68-70-72-74-81(86)91-78-80(79-92-84(83(88)89)90-77-76-85(3,4)5)93-82(87)75-73-71-69-67-65-63-61-59-57-55-53-51-48-33-31-29-27-25-23-21-19-17-15-13-11-9-7-2/h18-21,24-27,31,33,80,84H,6-17,22-23,28-30,32,34-79H2,1-5H3/b20-18-,21-19-,26-24-,27-25-,33-31-. The van der Waals surface area contributed by atoms with E-state index >= 15 is 0 Å². The fraction of sp³-hybridized carbons (Fsp3) is 0.845. The van der Waals surface area contributed by atoms with Crippen molar-refractivity contribution in [3.05, 3.63) is 60.8 Å². The van der Waals surface area contributed by atoms with E-state index in [0.717, 1.165) is 57.8 Å². The average molecular weight is 1310 g/mol. The van der Waals surface area contributed by atoms with Gasteiger partial charge in [-0.25, -0.2) is 0 Å². The van der Waals surface area contributed by atoms with Gasteiger partial charge in [0, 0.05) is 12.8 Å². The van der Waals surface area contributed by atoms with Crippen LogP contribution in [0.3, 0.4) is 0 Å². The number of carbonyl (C=O) groups excluding carboxylic acids is 3. The number of rotatable bonds is 76. The fourth-order valence-corrected chi connectivity index (χ4v) is 12.1. The van der Waals surface area contributed by atoms with Crippen molar-refractivity contribution in [2.75, 3.05) is 47.5 Å². The number of unbranched alkanes of at least 4 members (excludes halogenated alkanes) is 51. The lowest BCUT2D eigenvalue weighted by atomic mass is 10.0. The summed E-state index contributed by atoms with van der Waals surface area (Å²) in [5.41, 5.74) is 0. The van der Waals surface area contributed by atoms with Crippen LogP contribution < -0.4 is 5.11 Å². The minimum Gasteiger partial charge on any atom is -0.545 e. The highest BCUT2D eigenvalue weighted by Crippen LogP contribution is 2.19. The summed E-state index contributed by atoms with van der Waals surface area (Å²) in [6.45, 7) is 4.78. The van der Waals surface area contributed by atoms with E-state index in [1.165, 1.54) is 308 Å². The van der Waals surface area contributed by atoms with Crippen LogP contribution in [0.4, 0.5) is 0 Å². The van der Waals surface area contributed by atoms with Crippen molar-refractivity contribution in [2.45, 2.75) is 411 Å². The van der Waals surface area contributed by atoms with Crippen LogP contribution >= 0.6 is 0 Å². The molecule has 0 fully saturated rings. The number of esters is 2. The van der Waals surface area contributed by atoms with Gasteiger partial charge in [-0.05, 0) is 83.5 Å². The molecule has 0 aliphatic carbocycles. The maximum atomic E-state index is 13.0. The number of hydrogen-bond acceptors (Lipinski definition) is 8. The highest BCUT2D eigenvalue weighted by atomic mass is 16.7. The number of carboxylic acid groups (broad SMARTS) is 1. The monoisotopic (exact) mass is 1310 g/mol. The Morgan fingerprint density at radius 1 is 0.323 bits per heavy atom. The van der Waals surface area contributed by atoms with Crippen molar-refractivity contribution in [3.63, 3.8) is 0 Å². The van der Waals surface area contributed by atoms with Gasteiger partial charge in [0.2, 0.25) is 0 Å². The predicted molar refractivity (Wildman–Crippen MR) is 399 cm³/mol. The third-order valence-electron chi connectivity index (χ3n) is 18.2. The van der Waals surface area contributed by atoms with E-state index in [1.807, 2.05) is 21.1 Å². The molecule has 9 heteroatoms. The van der Waals surface area contributed by atoms with Crippen molar-refractivity contribution in [1.29, 1.82) is 0 Å². The second kappa shape index (κ2) is 74.8. The zero-order chi connectivity index (χ0) is 67.5. The first kappa shape index (κ1) is 90.0. The molecular weight excluding hydrogens is 1150 g/mol. The maximum Gasteiger partial charge on any atom is 0.306 e. The number of carbonyl (C=O) groups is 3. The number of allylic oxidation sites excluding steroid dienone is 10. The van der Waals surface area contributed by atoms with E-state index in [1.54, 1.807) is 0 Å². The molecule has 0 bridgehead atoms. The van der Waals surface area contributed by atoms with Gasteiger partial charge in [0.1, 0.15) is 13.2 Å². The molecule has 2 atom stereocenters. The van der Waals surface area contributed by atoms with Gasteiger partial charge in [-0.3, -0.25) is 9.59 Å². The van der Waals surface area contributed by atoms with E-state index < -0.39 is 24.3 Å². The lowest BCUT2D eigenvalue weighted by Crippen LogP contribution is -2.44. The minimum absolute atomic E-state index is 0.148. The average Bonchev–Trinajstić information content (AvgIpc) is 3.38. The SMILES string of the molecule is CCCCCCC/C=C\C/C=C\C/C=C\CCCCCCCCCCCCCCC(=O)OC(COC(=O)CCCCCCCCCCCCCCCCCCCCCCCCCCCCCCC/C=C\C/C=C\CCCCCCC)COC(OCC[N+](C)(C)C)C(=O)[O-]. The topological polar surface area (TPSA) is 111 Å². The number of quaternary nitrogens is 1. The minimum atomic E-state index is -1.62.